The number of hydrogen-bond donors (Lipinski definition) is 0. The summed E-state index contributed by atoms with van der Waals surface area (Å²) in [7, 11) is 0. The zero-order valence-electron chi connectivity index (χ0n) is 7.61. The Morgan fingerprint density at radius 1 is 1.71 bits per heavy atom. The second-order valence-corrected chi connectivity index (χ2v) is 2.31. The van der Waals surface area contributed by atoms with Gasteiger partial charge in [-0.05, 0) is 13.0 Å². The fraction of sp³-hybridized carbons (Fsp3) is 0.222. The summed E-state index contributed by atoms with van der Waals surface area (Å²) in [6, 6.07) is 5.18. The molecular weight excluding hydrogens is 204 g/mol. The third kappa shape index (κ3) is 3.04. The van der Waals surface area contributed by atoms with E-state index in [0.717, 1.165) is 0 Å². The van der Waals surface area contributed by atoms with Gasteiger partial charge in [0.2, 0.25) is 0 Å². The van der Waals surface area contributed by atoms with Crippen LogP contribution in [-0.2, 0) is 4.74 Å². The molecule has 0 aliphatic rings. The van der Waals surface area contributed by atoms with Crippen LogP contribution in [0.4, 0.5) is 4.79 Å². The van der Waals surface area contributed by atoms with Crippen LogP contribution >= 0.6 is 0 Å². The average Bonchev–Trinajstić information content (AvgIpc) is 2.18. The Morgan fingerprint density at radius 2 is 2.43 bits per heavy atom. The van der Waals surface area contributed by atoms with Crippen molar-refractivity contribution in [3.8, 4) is 6.07 Å². The molecule has 0 saturated carbocycles. The molecule has 1 aromatic heterocycles. The standard InChI is InChI=1S/C9H9N2O2.ClH/c1-2-13-9(12)11-5-3-4-8(6-10)7-11;/h3-5,7H,2H2,1H3;1H/q+1;/p-1. The third-order valence-corrected chi connectivity index (χ3v) is 1.41. The number of carbonyl (C=O) groups excluding carboxylic acids is 1. The van der Waals surface area contributed by atoms with Crippen LogP contribution in [0.5, 0.6) is 0 Å². The molecule has 0 fully saturated rings. The predicted molar refractivity (Wildman–Crippen MR) is 43.8 cm³/mol. The minimum Gasteiger partial charge on any atom is -1.00 e. The van der Waals surface area contributed by atoms with E-state index in [4.69, 9.17) is 10.00 Å². The van der Waals surface area contributed by atoms with Crippen molar-refractivity contribution >= 4 is 6.09 Å². The van der Waals surface area contributed by atoms with Crippen molar-refractivity contribution in [2.45, 2.75) is 6.92 Å². The van der Waals surface area contributed by atoms with Gasteiger partial charge in [-0.25, -0.2) is 0 Å². The van der Waals surface area contributed by atoms with Crippen molar-refractivity contribution in [2.24, 2.45) is 0 Å². The quantitative estimate of drug-likeness (QED) is 0.499. The number of nitriles is 1. The minimum atomic E-state index is -0.473. The molecule has 1 heterocycles. The first-order chi connectivity index (χ1) is 6.27. The SMILES string of the molecule is CCOC(=O)[n+]1cccc(C#N)c1.[Cl-]. The smallest absolute Gasteiger partial charge is 0.601 e. The minimum absolute atomic E-state index is 0. The fourth-order valence-electron chi connectivity index (χ4n) is 0.853. The van der Waals surface area contributed by atoms with Gasteiger partial charge in [0.1, 0.15) is 11.6 Å². The maximum absolute atomic E-state index is 11.1. The highest BCUT2D eigenvalue weighted by Crippen LogP contribution is 1.90. The van der Waals surface area contributed by atoms with Crippen LogP contribution in [0.3, 0.4) is 0 Å². The lowest BCUT2D eigenvalue weighted by Crippen LogP contribution is -3.00. The Labute approximate surface area is 88.1 Å². The number of rotatable bonds is 1. The molecule has 0 radical (unpaired) electrons. The topological polar surface area (TPSA) is 54.0 Å². The van der Waals surface area contributed by atoms with Crippen LogP contribution in [0.1, 0.15) is 12.5 Å². The summed E-state index contributed by atoms with van der Waals surface area (Å²) in [5, 5.41) is 8.56. The lowest BCUT2D eigenvalue weighted by Gasteiger charge is -1.93. The number of aromatic nitrogens is 1. The van der Waals surface area contributed by atoms with E-state index >= 15 is 0 Å². The highest BCUT2D eigenvalue weighted by Gasteiger charge is 2.14. The first-order valence-corrected chi connectivity index (χ1v) is 3.86. The molecule has 0 bridgehead atoms. The van der Waals surface area contributed by atoms with E-state index < -0.39 is 6.09 Å². The molecule has 0 N–H and O–H groups in total. The van der Waals surface area contributed by atoms with Crippen LogP contribution in [0.15, 0.2) is 24.5 Å². The van der Waals surface area contributed by atoms with Crippen LogP contribution in [0.2, 0.25) is 0 Å². The second-order valence-electron chi connectivity index (χ2n) is 2.31. The van der Waals surface area contributed by atoms with Crippen molar-refractivity contribution in [1.82, 2.24) is 0 Å². The Morgan fingerprint density at radius 3 is 3.00 bits per heavy atom. The van der Waals surface area contributed by atoms with Crippen LogP contribution in [0, 0.1) is 11.3 Å². The van der Waals surface area contributed by atoms with Crippen molar-refractivity contribution in [3.05, 3.63) is 30.1 Å². The molecule has 74 valence electrons. The van der Waals surface area contributed by atoms with Gasteiger partial charge in [0.25, 0.3) is 0 Å². The van der Waals surface area contributed by atoms with Gasteiger partial charge in [0, 0.05) is 6.07 Å². The van der Waals surface area contributed by atoms with Gasteiger partial charge in [0.15, 0.2) is 12.4 Å². The van der Waals surface area contributed by atoms with E-state index in [0.29, 0.717) is 12.2 Å². The molecule has 0 spiro atoms. The molecule has 5 heteroatoms. The largest absolute Gasteiger partial charge is 1.00 e. The Balaban J connectivity index is 0.00000169. The van der Waals surface area contributed by atoms with Gasteiger partial charge in [-0.3, -0.25) is 0 Å². The molecule has 0 atom stereocenters. The molecule has 0 aliphatic heterocycles. The summed E-state index contributed by atoms with van der Waals surface area (Å²) in [6.07, 6.45) is 2.50. The highest BCUT2D eigenvalue weighted by molar-refractivity contribution is 5.56. The summed E-state index contributed by atoms with van der Waals surface area (Å²) in [5.74, 6) is 0. The lowest BCUT2D eigenvalue weighted by atomic mass is 10.3. The van der Waals surface area contributed by atoms with E-state index in [2.05, 4.69) is 0 Å². The molecule has 0 saturated heterocycles. The highest BCUT2D eigenvalue weighted by atomic mass is 35.5. The number of nitrogens with zero attached hydrogens (tertiary/aromatic N) is 2. The number of halogens is 1. The van der Waals surface area contributed by atoms with Gasteiger partial charge < -0.3 is 17.1 Å². The predicted octanol–water partition coefficient (Wildman–Crippen LogP) is -2.15. The fourth-order valence-corrected chi connectivity index (χ4v) is 0.853. The first kappa shape index (κ1) is 12.4. The van der Waals surface area contributed by atoms with Crippen LogP contribution in [-0.4, -0.2) is 12.7 Å². The molecule has 14 heavy (non-hydrogen) atoms. The molecule has 0 aliphatic carbocycles. The maximum atomic E-state index is 11.1. The maximum Gasteiger partial charge on any atom is 0.601 e. The Kier molecular flexibility index (Phi) is 5.27. The Hall–Kier alpha value is -1.60. The average molecular weight is 213 g/mol. The summed E-state index contributed by atoms with van der Waals surface area (Å²) >= 11 is 0. The van der Waals surface area contributed by atoms with Crippen molar-refractivity contribution in [1.29, 1.82) is 5.26 Å². The van der Waals surface area contributed by atoms with Crippen molar-refractivity contribution in [3.63, 3.8) is 0 Å². The summed E-state index contributed by atoms with van der Waals surface area (Å²) in [4.78, 5) is 11.1. The summed E-state index contributed by atoms with van der Waals surface area (Å²) < 4.78 is 5.98. The summed E-state index contributed by atoms with van der Waals surface area (Å²) in [6.45, 7) is 2.05. The monoisotopic (exact) mass is 212 g/mol. The van der Waals surface area contributed by atoms with E-state index in [-0.39, 0.29) is 12.4 Å². The van der Waals surface area contributed by atoms with Gasteiger partial charge in [-0.15, -0.1) is 0 Å². The second kappa shape index (κ2) is 5.95. The Bertz CT molecular complexity index is 360. The van der Waals surface area contributed by atoms with Gasteiger partial charge in [0.05, 0.1) is 6.61 Å². The van der Waals surface area contributed by atoms with E-state index in [1.165, 1.54) is 10.8 Å². The normalized spacial score (nSPS) is 8.29. The number of ether oxygens (including phenoxy) is 1. The van der Waals surface area contributed by atoms with E-state index in [1.54, 1.807) is 25.3 Å². The van der Waals surface area contributed by atoms with Crippen LogP contribution < -0.4 is 17.0 Å². The first-order valence-electron chi connectivity index (χ1n) is 3.86. The van der Waals surface area contributed by atoms with E-state index in [9.17, 15) is 4.79 Å². The third-order valence-electron chi connectivity index (χ3n) is 1.41. The zero-order chi connectivity index (χ0) is 9.68. The van der Waals surface area contributed by atoms with Gasteiger partial charge in [-0.1, -0.05) is 4.57 Å². The molecular formula is C9H9ClN2O2. The number of hydrogen-bond acceptors (Lipinski definition) is 3. The van der Waals surface area contributed by atoms with E-state index in [1.807, 2.05) is 6.07 Å². The molecule has 0 amide bonds. The molecule has 4 nitrogen and oxygen atoms in total. The lowest BCUT2D eigenvalue weighted by molar-refractivity contribution is -0.586. The molecule has 1 rings (SSSR count). The van der Waals surface area contributed by atoms with Gasteiger partial charge >= 0.3 is 6.09 Å². The molecule has 0 unspecified atom stereocenters. The number of carbonyl (C=O) groups is 1. The molecule has 1 aromatic rings. The van der Waals surface area contributed by atoms with Gasteiger partial charge in [-0.2, -0.15) is 10.1 Å². The van der Waals surface area contributed by atoms with Crippen molar-refractivity contribution < 1.29 is 26.5 Å². The molecule has 0 aromatic carbocycles. The summed E-state index contributed by atoms with van der Waals surface area (Å²) in [5.41, 5.74) is 0.426. The zero-order valence-corrected chi connectivity index (χ0v) is 8.36. The number of pyridine rings is 1. The van der Waals surface area contributed by atoms with Crippen molar-refractivity contribution in [2.75, 3.05) is 6.61 Å². The van der Waals surface area contributed by atoms with Crippen LogP contribution in [0.25, 0.3) is 0 Å².